The highest BCUT2D eigenvalue weighted by atomic mass is 16.5. The maximum absolute atomic E-state index is 6.73. The zero-order valence-electron chi connectivity index (χ0n) is 25.5. The first-order chi connectivity index (χ1) is 19.8. The Morgan fingerprint density at radius 2 is 1.78 bits per heavy atom. The molecular weight excluding hydrogens is 506 g/mol. The first kappa shape index (κ1) is 29.2. The van der Waals surface area contributed by atoms with Gasteiger partial charge >= 0.3 is 0 Å². The van der Waals surface area contributed by atoms with Gasteiger partial charge in [-0.05, 0) is 86.0 Å². The van der Waals surface area contributed by atoms with Crippen molar-refractivity contribution >= 4 is 11.0 Å². The molecular formula is C36H47N3O2. The lowest BCUT2D eigenvalue weighted by molar-refractivity contribution is 0.135. The molecule has 0 amide bonds. The van der Waals surface area contributed by atoms with Crippen LogP contribution in [0, 0.1) is 5.92 Å². The highest BCUT2D eigenvalue weighted by Crippen LogP contribution is 2.34. The molecule has 1 aliphatic rings. The van der Waals surface area contributed by atoms with Crippen molar-refractivity contribution in [3.63, 3.8) is 0 Å². The van der Waals surface area contributed by atoms with Crippen LogP contribution in [-0.4, -0.2) is 28.7 Å². The third kappa shape index (κ3) is 7.32. The van der Waals surface area contributed by atoms with Gasteiger partial charge in [0, 0.05) is 12.1 Å². The summed E-state index contributed by atoms with van der Waals surface area (Å²) in [6.45, 7) is 8.93. The summed E-state index contributed by atoms with van der Waals surface area (Å²) in [4.78, 5) is 4.71. The van der Waals surface area contributed by atoms with Crippen LogP contribution in [-0.2, 0) is 5.41 Å². The Kier molecular flexibility index (Phi) is 9.34. The minimum absolute atomic E-state index is 0.104. The lowest BCUT2D eigenvalue weighted by atomic mass is 9.82. The van der Waals surface area contributed by atoms with Gasteiger partial charge in [0.1, 0.15) is 17.8 Å². The predicted molar refractivity (Wildman–Crippen MR) is 170 cm³/mol. The van der Waals surface area contributed by atoms with Gasteiger partial charge in [-0.3, -0.25) is 4.57 Å². The standard InChI is InChI=1S/C36H47N3O2/c1-6-7-13-30(23-26-11-10-12-28(22-26)37-5)40-31-20-21-32-34(24-31)39(25-38-32)33-14-8-9-15-35(33)41-29-18-16-27(17-19-29)36(2,3)4/h8-9,14-21,24-26,28,30,37H,6-7,10-13,22-23H2,1-5H3. The van der Waals surface area contributed by atoms with Gasteiger partial charge < -0.3 is 14.8 Å². The van der Waals surface area contributed by atoms with Crippen LogP contribution in [0.4, 0.5) is 0 Å². The molecule has 3 aromatic carbocycles. The SMILES string of the molecule is CCCCC(CC1CCCC(NC)C1)Oc1ccc2ncn(-c3ccccc3Oc3ccc(C(C)(C)C)cc3)c2c1. The summed E-state index contributed by atoms with van der Waals surface area (Å²) in [5.41, 5.74) is 4.30. The molecule has 1 aromatic heterocycles. The van der Waals surface area contributed by atoms with Crippen molar-refractivity contribution in [2.75, 3.05) is 7.05 Å². The van der Waals surface area contributed by atoms with E-state index in [1.807, 2.05) is 24.5 Å². The molecule has 1 saturated carbocycles. The van der Waals surface area contributed by atoms with Crippen LogP contribution in [0.25, 0.3) is 16.7 Å². The molecule has 0 aliphatic heterocycles. The molecule has 1 heterocycles. The molecule has 0 spiro atoms. The van der Waals surface area contributed by atoms with Gasteiger partial charge in [-0.15, -0.1) is 0 Å². The molecule has 1 fully saturated rings. The lowest BCUT2D eigenvalue weighted by Crippen LogP contribution is -2.33. The number of hydrogen-bond acceptors (Lipinski definition) is 4. The maximum Gasteiger partial charge on any atom is 0.151 e. The van der Waals surface area contributed by atoms with Crippen LogP contribution in [0.15, 0.2) is 73.1 Å². The Labute approximate surface area is 246 Å². The summed E-state index contributed by atoms with van der Waals surface area (Å²) >= 11 is 0. The van der Waals surface area contributed by atoms with Crippen LogP contribution in [0.2, 0.25) is 0 Å². The van der Waals surface area contributed by atoms with Crippen molar-refractivity contribution in [2.45, 2.75) is 96.6 Å². The molecule has 5 rings (SSSR count). The molecule has 41 heavy (non-hydrogen) atoms. The van der Waals surface area contributed by atoms with E-state index in [4.69, 9.17) is 14.5 Å². The van der Waals surface area contributed by atoms with Crippen molar-refractivity contribution in [2.24, 2.45) is 5.92 Å². The Morgan fingerprint density at radius 1 is 1.00 bits per heavy atom. The summed E-state index contributed by atoms with van der Waals surface area (Å²) < 4.78 is 15.2. The van der Waals surface area contributed by atoms with E-state index in [1.165, 1.54) is 44.1 Å². The molecule has 5 heteroatoms. The maximum atomic E-state index is 6.73. The summed E-state index contributed by atoms with van der Waals surface area (Å²) in [6.07, 6.45) is 11.9. The second kappa shape index (κ2) is 13.1. The summed E-state index contributed by atoms with van der Waals surface area (Å²) in [6, 6.07) is 23.5. The van der Waals surface area contributed by atoms with E-state index >= 15 is 0 Å². The normalized spacial score (nSPS) is 18.4. The average Bonchev–Trinajstić information content (AvgIpc) is 3.39. The number of rotatable bonds is 11. The van der Waals surface area contributed by atoms with E-state index < -0.39 is 0 Å². The quantitative estimate of drug-likeness (QED) is 0.201. The highest BCUT2D eigenvalue weighted by molar-refractivity contribution is 5.79. The molecule has 0 saturated heterocycles. The molecule has 0 radical (unpaired) electrons. The molecule has 4 aromatic rings. The topological polar surface area (TPSA) is 48.3 Å². The van der Waals surface area contributed by atoms with E-state index in [2.05, 4.69) is 93.2 Å². The van der Waals surface area contributed by atoms with Gasteiger partial charge in [-0.2, -0.15) is 0 Å². The number of nitrogens with zero attached hydrogens (tertiary/aromatic N) is 2. The Hall–Kier alpha value is -3.31. The van der Waals surface area contributed by atoms with Gasteiger partial charge in [-0.25, -0.2) is 4.98 Å². The smallest absolute Gasteiger partial charge is 0.151 e. The number of aromatic nitrogens is 2. The van der Waals surface area contributed by atoms with Gasteiger partial charge in [0.2, 0.25) is 0 Å². The second-order valence-corrected chi connectivity index (χ2v) is 12.7. The van der Waals surface area contributed by atoms with E-state index in [1.54, 1.807) is 0 Å². The van der Waals surface area contributed by atoms with E-state index in [-0.39, 0.29) is 11.5 Å². The van der Waals surface area contributed by atoms with Crippen molar-refractivity contribution in [3.8, 4) is 22.9 Å². The minimum atomic E-state index is 0.104. The van der Waals surface area contributed by atoms with Crippen LogP contribution in [0.3, 0.4) is 0 Å². The lowest BCUT2D eigenvalue weighted by Gasteiger charge is -2.31. The van der Waals surface area contributed by atoms with Crippen LogP contribution < -0.4 is 14.8 Å². The third-order valence-electron chi connectivity index (χ3n) is 8.56. The number of nitrogens with one attached hydrogen (secondary N) is 1. The molecule has 5 nitrogen and oxygen atoms in total. The summed E-state index contributed by atoms with van der Waals surface area (Å²) in [5, 5.41) is 3.51. The van der Waals surface area contributed by atoms with Crippen molar-refractivity contribution in [1.29, 1.82) is 0 Å². The average molecular weight is 554 g/mol. The monoisotopic (exact) mass is 553 g/mol. The molecule has 0 bridgehead atoms. The van der Waals surface area contributed by atoms with Crippen LogP contribution >= 0.6 is 0 Å². The first-order valence-corrected chi connectivity index (χ1v) is 15.5. The van der Waals surface area contributed by atoms with Gasteiger partial charge in [0.25, 0.3) is 0 Å². The van der Waals surface area contributed by atoms with E-state index in [0.29, 0.717) is 6.04 Å². The number of ether oxygens (including phenoxy) is 2. The fraction of sp³-hybridized carbons (Fsp3) is 0.472. The highest BCUT2D eigenvalue weighted by Gasteiger charge is 2.25. The van der Waals surface area contributed by atoms with Gasteiger partial charge in [0.05, 0.1) is 22.8 Å². The first-order valence-electron chi connectivity index (χ1n) is 15.5. The van der Waals surface area contributed by atoms with Crippen LogP contribution in [0.5, 0.6) is 17.2 Å². The minimum Gasteiger partial charge on any atom is -0.490 e. The number of hydrogen-bond donors (Lipinski definition) is 1. The number of unbranched alkanes of at least 4 members (excludes halogenated alkanes) is 1. The summed E-state index contributed by atoms with van der Waals surface area (Å²) in [7, 11) is 2.10. The molecule has 1 N–H and O–H groups in total. The number of para-hydroxylation sites is 2. The fourth-order valence-corrected chi connectivity index (χ4v) is 6.13. The van der Waals surface area contributed by atoms with Gasteiger partial charge in [0.15, 0.2) is 5.75 Å². The zero-order valence-corrected chi connectivity index (χ0v) is 25.5. The van der Waals surface area contributed by atoms with Crippen molar-refractivity contribution < 1.29 is 9.47 Å². The van der Waals surface area contributed by atoms with Crippen LogP contribution in [0.1, 0.15) is 84.6 Å². The molecule has 1 aliphatic carbocycles. The second-order valence-electron chi connectivity index (χ2n) is 12.7. The third-order valence-corrected chi connectivity index (χ3v) is 8.56. The zero-order chi connectivity index (χ0) is 28.8. The Bertz CT molecular complexity index is 1400. The van der Waals surface area contributed by atoms with Gasteiger partial charge in [-0.1, -0.05) is 77.6 Å². The fourth-order valence-electron chi connectivity index (χ4n) is 6.13. The molecule has 3 unspecified atom stereocenters. The number of fused-ring (bicyclic) bond motifs is 1. The number of imidazole rings is 1. The Morgan fingerprint density at radius 3 is 2.54 bits per heavy atom. The van der Waals surface area contributed by atoms with Crippen molar-refractivity contribution in [1.82, 2.24) is 14.9 Å². The largest absolute Gasteiger partial charge is 0.490 e. The van der Waals surface area contributed by atoms with Crippen molar-refractivity contribution in [3.05, 3.63) is 78.6 Å². The van der Waals surface area contributed by atoms with E-state index in [0.717, 1.165) is 52.7 Å². The predicted octanol–water partition coefficient (Wildman–Crippen LogP) is 9.22. The number of benzene rings is 3. The molecule has 218 valence electrons. The summed E-state index contributed by atoms with van der Waals surface area (Å²) in [5.74, 6) is 3.25. The molecule has 3 atom stereocenters. The Balaban J connectivity index is 1.38. The van der Waals surface area contributed by atoms with E-state index in [9.17, 15) is 0 Å².